The minimum Gasteiger partial charge on any atom is -0.480 e. The Kier molecular flexibility index (Phi) is 15.1. The maximum atomic E-state index is 12.8. The summed E-state index contributed by atoms with van der Waals surface area (Å²) in [4.78, 5) is 44.9. The van der Waals surface area contributed by atoms with Crippen LogP contribution in [0.4, 0.5) is 0 Å². The van der Waals surface area contributed by atoms with E-state index in [1.807, 2.05) is 0 Å². The zero-order valence-corrected chi connectivity index (χ0v) is 20.6. The lowest BCUT2D eigenvalue weighted by Crippen LogP contribution is -2.54. The fourth-order valence-corrected chi connectivity index (χ4v) is 3.97. The van der Waals surface area contributed by atoms with Crippen molar-refractivity contribution < 1.29 is 19.5 Å². The first-order valence-electron chi connectivity index (χ1n) is 12.7. The van der Waals surface area contributed by atoms with Crippen molar-refractivity contribution in [3.63, 3.8) is 0 Å². The van der Waals surface area contributed by atoms with Crippen LogP contribution in [0.2, 0.25) is 0 Å². The average Bonchev–Trinajstić information content (AvgIpc) is 3.29. The summed E-state index contributed by atoms with van der Waals surface area (Å²) in [5.74, 6) is -2.40. The summed E-state index contributed by atoms with van der Waals surface area (Å²) in [6.07, 6.45) is 18.6. The highest BCUT2D eigenvalue weighted by Gasteiger charge is 2.36. The van der Waals surface area contributed by atoms with Crippen LogP contribution < -0.4 is 5.73 Å². The van der Waals surface area contributed by atoms with Gasteiger partial charge in [-0.2, -0.15) is 0 Å². The number of unbranched alkanes of at least 4 members (excludes halogenated alkanes) is 12. The van der Waals surface area contributed by atoms with E-state index >= 15 is 0 Å². The highest BCUT2D eigenvalue weighted by atomic mass is 16.4. The van der Waals surface area contributed by atoms with Gasteiger partial charge in [-0.15, -0.1) is 0 Å². The molecule has 0 saturated heterocycles. The van der Waals surface area contributed by atoms with E-state index in [2.05, 4.69) is 16.9 Å². The average molecular weight is 465 g/mol. The molecule has 1 aromatic heterocycles. The molecule has 1 rings (SSSR count). The molecule has 0 fully saturated rings. The number of aromatic amines is 1. The quantitative estimate of drug-likeness (QED) is 0.257. The van der Waals surface area contributed by atoms with Crippen LogP contribution in [0.1, 0.15) is 109 Å². The molecular formula is C25H44N4O4. The van der Waals surface area contributed by atoms with Crippen LogP contribution in [-0.4, -0.2) is 49.8 Å². The Labute approximate surface area is 198 Å². The Balaban J connectivity index is 2.36. The number of nitrogens with zero attached hydrogens (tertiary/aromatic N) is 2. The minimum atomic E-state index is -1.32. The number of hydrogen-bond donors (Lipinski definition) is 3. The number of rotatable bonds is 19. The van der Waals surface area contributed by atoms with Crippen molar-refractivity contribution in [3.8, 4) is 0 Å². The van der Waals surface area contributed by atoms with E-state index in [4.69, 9.17) is 5.73 Å². The van der Waals surface area contributed by atoms with Gasteiger partial charge in [0, 0.05) is 19.0 Å². The van der Waals surface area contributed by atoms with Gasteiger partial charge >= 0.3 is 5.97 Å². The Hall–Kier alpha value is -2.22. The van der Waals surface area contributed by atoms with Gasteiger partial charge in [0.1, 0.15) is 6.04 Å². The Bertz CT molecular complexity index is 676. The molecule has 8 heteroatoms. The number of amides is 2. The second kappa shape index (κ2) is 17.3. The number of hydrogen-bond acceptors (Lipinski definition) is 5. The molecule has 0 radical (unpaired) electrons. The van der Waals surface area contributed by atoms with E-state index in [1.54, 1.807) is 6.20 Å². The number of imidazole rings is 1. The van der Waals surface area contributed by atoms with Gasteiger partial charge in [0.25, 0.3) is 0 Å². The molecule has 4 N–H and O–H groups in total. The molecule has 1 aromatic rings. The predicted molar refractivity (Wildman–Crippen MR) is 130 cm³/mol. The van der Waals surface area contributed by atoms with Crippen molar-refractivity contribution in [3.05, 3.63) is 18.2 Å². The summed E-state index contributed by atoms with van der Waals surface area (Å²) < 4.78 is 0. The second-order valence-electron chi connectivity index (χ2n) is 9.00. The molecule has 0 saturated carbocycles. The molecule has 0 aliphatic carbocycles. The lowest BCUT2D eigenvalue weighted by Gasteiger charge is -2.28. The third-order valence-corrected chi connectivity index (χ3v) is 5.94. The monoisotopic (exact) mass is 464 g/mol. The summed E-state index contributed by atoms with van der Waals surface area (Å²) in [6.45, 7) is 3.70. The van der Waals surface area contributed by atoms with Crippen molar-refractivity contribution in [2.45, 2.75) is 122 Å². The van der Waals surface area contributed by atoms with Gasteiger partial charge in [-0.05, 0) is 13.3 Å². The summed E-state index contributed by atoms with van der Waals surface area (Å²) >= 11 is 0. The number of carboxylic acids is 1. The summed E-state index contributed by atoms with van der Waals surface area (Å²) in [5, 5.41) is 9.68. The van der Waals surface area contributed by atoms with E-state index in [1.165, 1.54) is 71.0 Å². The summed E-state index contributed by atoms with van der Waals surface area (Å²) in [5.41, 5.74) is 6.17. The second-order valence-corrected chi connectivity index (χ2v) is 9.00. The van der Waals surface area contributed by atoms with Gasteiger partial charge in [-0.25, -0.2) is 9.78 Å². The molecule has 0 aliphatic rings. The standard InChI is InChI=1S/C25H44N4O4/c1-3-4-5-6-7-8-9-10-11-12-13-14-15-16-23(30)29(24(31)20(2)26)22(25(32)33)17-21-18-27-19-28-21/h18-20,22H,3-17,26H2,1-2H3,(H,27,28)(H,32,33)/t20?,22-/m0/s1. The maximum absolute atomic E-state index is 12.8. The van der Waals surface area contributed by atoms with Gasteiger partial charge in [-0.1, -0.05) is 84.0 Å². The molecule has 0 aliphatic heterocycles. The topological polar surface area (TPSA) is 129 Å². The Morgan fingerprint density at radius 1 is 0.970 bits per heavy atom. The van der Waals surface area contributed by atoms with E-state index in [-0.39, 0.29) is 12.8 Å². The molecule has 2 amide bonds. The third kappa shape index (κ3) is 12.0. The smallest absolute Gasteiger partial charge is 0.327 e. The first-order valence-corrected chi connectivity index (χ1v) is 12.7. The van der Waals surface area contributed by atoms with Crippen LogP contribution in [0.3, 0.4) is 0 Å². The lowest BCUT2D eigenvalue weighted by atomic mass is 10.0. The number of aliphatic carboxylic acids is 1. The zero-order chi connectivity index (χ0) is 24.5. The molecule has 2 atom stereocenters. The van der Waals surface area contributed by atoms with Crippen molar-refractivity contribution in [1.29, 1.82) is 0 Å². The SMILES string of the molecule is CCCCCCCCCCCCCCCC(=O)N(C(=O)C(C)N)[C@@H](Cc1c[nH]cn1)C(=O)O. The molecule has 0 aromatic carbocycles. The number of imide groups is 1. The number of carbonyl (C=O) groups is 3. The number of aromatic nitrogens is 2. The Morgan fingerprint density at radius 2 is 1.48 bits per heavy atom. The van der Waals surface area contributed by atoms with Gasteiger partial charge in [0.15, 0.2) is 0 Å². The number of nitrogens with one attached hydrogen (secondary N) is 1. The normalized spacial score (nSPS) is 12.9. The number of nitrogens with two attached hydrogens (primary N) is 1. The van der Waals surface area contributed by atoms with Crippen LogP contribution in [0.15, 0.2) is 12.5 Å². The first-order chi connectivity index (χ1) is 15.9. The van der Waals surface area contributed by atoms with E-state index in [9.17, 15) is 19.5 Å². The number of carbonyl (C=O) groups excluding carboxylic acids is 2. The molecule has 0 bridgehead atoms. The van der Waals surface area contributed by atoms with Gasteiger partial charge in [0.05, 0.1) is 18.1 Å². The molecular weight excluding hydrogens is 420 g/mol. The van der Waals surface area contributed by atoms with E-state index in [0.29, 0.717) is 12.1 Å². The summed E-state index contributed by atoms with van der Waals surface area (Å²) in [6, 6.07) is -2.28. The third-order valence-electron chi connectivity index (χ3n) is 5.94. The maximum Gasteiger partial charge on any atom is 0.327 e. The molecule has 1 heterocycles. The number of H-pyrrole nitrogens is 1. The molecule has 33 heavy (non-hydrogen) atoms. The van der Waals surface area contributed by atoms with Crippen LogP contribution in [0.25, 0.3) is 0 Å². The largest absolute Gasteiger partial charge is 0.480 e. The summed E-state index contributed by atoms with van der Waals surface area (Å²) in [7, 11) is 0. The van der Waals surface area contributed by atoms with Crippen molar-refractivity contribution in [2.75, 3.05) is 0 Å². The van der Waals surface area contributed by atoms with Crippen molar-refractivity contribution in [2.24, 2.45) is 5.73 Å². The fraction of sp³-hybridized carbons (Fsp3) is 0.760. The van der Waals surface area contributed by atoms with Gasteiger partial charge < -0.3 is 15.8 Å². The van der Waals surface area contributed by atoms with E-state index < -0.39 is 29.9 Å². The molecule has 8 nitrogen and oxygen atoms in total. The fourth-order valence-electron chi connectivity index (χ4n) is 3.97. The predicted octanol–water partition coefficient (Wildman–Crippen LogP) is 4.59. The lowest BCUT2D eigenvalue weighted by molar-refractivity contribution is -0.158. The van der Waals surface area contributed by atoms with Crippen LogP contribution in [0, 0.1) is 0 Å². The number of carboxylic acid groups (broad SMARTS) is 1. The molecule has 1 unspecified atom stereocenters. The van der Waals surface area contributed by atoms with Crippen LogP contribution in [-0.2, 0) is 20.8 Å². The first kappa shape index (κ1) is 28.8. The van der Waals surface area contributed by atoms with Crippen molar-refractivity contribution >= 4 is 17.8 Å². The van der Waals surface area contributed by atoms with Gasteiger partial charge in [0.2, 0.25) is 11.8 Å². The molecule has 0 spiro atoms. The highest BCUT2D eigenvalue weighted by molar-refractivity contribution is 6.01. The van der Waals surface area contributed by atoms with Crippen molar-refractivity contribution in [1.82, 2.24) is 14.9 Å². The minimum absolute atomic E-state index is 0.0539. The zero-order valence-electron chi connectivity index (χ0n) is 20.6. The van der Waals surface area contributed by atoms with Gasteiger partial charge in [-0.3, -0.25) is 14.5 Å². The van der Waals surface area contributed by atoms with E-state index in [0.717, 1.165) is 24.2 Å². The highest BCUT2D eigenvalue weighted by Crippen LogP contribution is 2.16. The van der Waals surface area contributed by atoms with Crippen LogP contribution in [0.5, 0.6) is 0 Å². The Morgan fingerprint density at radius 3 is 1.91 bits per heavy atom. The molecule has 188 valence electrons. The van der Waals surface area contributed by atoms with Crippen LogP contribution >= 0.6 is 0 Å².